The molecule has 0 saturated heterocycles. The summed E-state index contributed by atoms with van der Waals surface area (Å²) in [5, 5.41) is 21.0. The van der Waals surface area contributed by atoms with E-state index in [9.17, 15) is 4.39 Å². The maximum absolute atomic E-state index is 13.1. The fourth-order valence-corrected chi connectivity index (χ4v) is 1.52. The highest BCUT2D eigenvalue weighted by atomic mass is 19.1. The van der Waals surface area contributed by atoms with Crippen LogP contribution in [0.25, 0.3) is 0 Å². The molecule has 1 rings (SSSR count). The highest BCUT2D eigenvalue weighted by Gasteiger charge is 2.16. The molecular formula is C13H17FN2O. The molecule has 92 valence electrons. The molecule has 0 aromatic heterocycles. The van der Waals surface area contributed by atoms with E-state index in [0.29, 0.717) is 24.1 Å². The Balaban J connectivity index is 2.75. The van der Waals surface area contributed by atoms with Crippen molar-refractivity contribution in [1.29, 1.82) is 5.26 Å². The highest BCUT2D eigenvalue weighted by molar-refractivity contribution is 5.37. The minimum absolute atomic E-state index is 0.0915. The van der Waals surface area contributed by atoms with E-state index < -0.39 is 0 Å². The number of nitrogens with one attached hydrogen (secondary N) is 1. The van der Waals surface area contributed by atoms with Crippen LogP contribution >= 0.6 is 0 Å². The molecule has 0 aliphatic heterocycles. The van der Waals surface area contributed by atoms with Gasteiger partial charge in [0.05, 0.1) is 11.6 Å². The molecule has 0 aliphatic carbocycles. The first-order chi connectivity index (χ1) is 7.98. The lowest BCUT2D eigenvalue weighted by Gasteiger charge is -2.25. The molecule has 0 atom stereocenters. The third-order valence-corrected chi connectivity index (χ3v) is 2.68. The van der Waals surface area contributed by atoms with Crippen molar-refractivity contribution in [3.8, 4) is 6.07 Å². The zero-order valence-electron chi connectivity index (χ0n) is 10.1. The second-order valence-electron chi connectivity index (χ2n) is 4.62. The lowest BCUT2D eigenvalue weighted by Crippen LogP contribution is -2.39. The van der Waals surface area contributed by atoms with Crippen LogP contribution in [0, 0.1) is 17.1 Å². The number of aliphatic hydroxyl groups excluding tert-OH is 1. The van der Waals surface area contributed by atoms with E-state index in [2.05, 4.69) is 5.32 Å². The summed E-state index contributed by atoms with van der Waals surface area (Å²) >= 11 is 0. The van der Waals surface area contributed by atoms with Gasteiger partial charge in [-0.05, 0) is 44.0 Å². The monoisotopic (exact) mass is 236 g/mol. The summed E-state index contributed by atoms with van der Waals surface area (Å²) in [6.07, 6.45) is 0.601. The molecule has 0 radical (unpaired) electrons. The lowest BCUT2D eigenvalue weighted by molar-refractivity contribution is 0.230. The number of halogens is 1. The van der Waals surface area contributed by atoms with Crippen molar-refractivity contribution in [3.05, 3.63) is 35.1 Å². The van der Waals surface area contributed by atoms with Gasteiger partial charge in [0.15, 0.2) is 0 Å². The Morgan fingerprint density at radius 2 is 2.18 bits per heavy atom. The molecule has 0 spiro atoms. The van der Waals surface area contributed by atoms with Crippen LogP contribution in [0.3, 0.4) is 0 Å². The number of hydrogen-bond donors (Lipinski definition) is 2. The van der Waals surface area contributed by atoms with E-state index in [1.807, 2.05) is 19.9 Å². The number of nitrogens with zero attached hydrogens (tertiary/aromatic N) is 1. The molecule has 0 bridgehead atoms. The van der Waals surface area contributed by atoms with Crippen LogP contribution < -0.4 is 5.32 Å². The Hall–Kier alpha value is -1.44. The molecule has 1 aromatic carbocycles. The van der Waals surface area contributed by atoms with Crippen LogP contribution in [0.15, 0.2) is 18.2 Å². The summed E-state index contributed by atoms with van der Waals surface area (Å²) in [6.45, 7) is 4.41. The van der Waals surface area contributed by atoms with Gasteiger partial charge < -0.3 is 10.4 Å². The first kappa shape index (κ1) is 13.6. The molecule has 4 heteroatoms. The quantitative estimate of drug-likeness (QED) is 0.821. The Labute approximate surface area is 101 Å². The van der Waals surface area contributed by atoms with E-state index in [0.717, 1.165) is 0 Å². The van der Waals surface area contributed by atoms with Gasteiger partial charge in [0, 0.05) is 18.7 Å². The number of benzene rings is 1. The van der Waals surface area contributed by atoms with E-state index in [4.69, 9.17) is 10.4 Å². The predicted molar refractivity (Wildman–Crippen MR) is 63.7 cm³/mol. The molecule has 0 fully saturated rings. The third-order valence-electron chi connectivity index (χ3n) is 2.68. The predicted octanol–water partition coefficient (Wildman–Crippen LogP) is 1.95. The summed E-state index contributed by atoms with van der Waals surface area (Å²) in [7, 11) is 0. The van der Waals surface area contributed by atoms with Gasteiger partial charge in [-0.3, -0.25) is 0 Å². The van der Waals surface area contributed by atoms with Crippen molar-refractivity contribution in [2.75, 3.05) is 6.61 Å². The SMILES string of the molecule is CC(C)(CCO)NCc1cc(F)ccc1C#N. The van der Waals surface area contributed by atoms with Gasteiger partial charge in [-0.2, -0.15) is 5.26 Å². The highest BCUT2D eigenvalue weighted by Crippen LogP contribution is 2.13. The van der Waals surface area contributed by atoms with E-state index in [-0.39, 0.29) is 18.0 Å². The second-order valence-corrected chi connectivity index (χ2v) is 4.62. The van der Waals surface area contributed by atoms with Gasteiger partial charge in [0.1, 0.15) is 5.82 Å². The van der Waals surface area contributed by atoms with Crippen LogP contribution in [0.4, 0.5) is 4.39 Å². The molecule has 17 heavy (non-hydrogen) atoms. The summed E-state index contributed by atoms with van der Waals surface area (Å²) in [6, 6.07) is 6.15. The van der Waals surface area contributed by atoms with Crippen molar-refractivity contribution in [2.45, 2.75) is 32.4 Å². The van der Waals surface area contributed by atoms with Crippen LogP contribution in [0.2, 0.25) is 0 Å². The Bertz CT molecular complexity index is 424. The van der Waals surface area contributed by atoms with E-state index >= 15 is 0 Å². The molecule has 3 nitrogen and oxygen atoms in total. The molecular weight excluding hydrogens is 219 g/mol. The molecule has 0 aliphatic rings. The fraction of sp³-hybridized carbons (Fsp3) is 0.462. The first-order valence-corrected chi connectivity index (χ1v) is 5.53. The molecule has 2 N–H and O–H groups in total. The van der Waals surface area contributed by atoms with Crippen LogP contribution in [-0.2, 0) is 6.54 Å². The van der Waals surface area contributed by atoms with Crippen LogP contribution in [-0.4, -0.2) is 17.3 Å². The Kier molecular flexibility index (Phi) is 4.62. The maximum atomic E-state index is 13.1. The minimum atomic E-state index is -0.347. The van der Waals surface area contributed by atoms with Crippen molar-refractivity contribution < 1.29 is 9.50 Å². The summed E-state index contributed by atoms with van der Waals surface area (Å²) in [5.74, 6) is -0.347. The van der Waals surface area contributed by atoms with E-state index in [1.54, 1.807) is 0 Å². The van der Waals surface area contributed by atoms with Gasteiger partial charge in [-0.25, -0.2) is 4.39 Å². The van der Waals surface area contributed by atoms with Gasteiger partial charge in [0.25, 0.3) is 0 Å². The van der Waals surface area contributed by atoms with Gasteiger partial charge in [-0.15, -0.1) is 0 Å². The summed E-state index contributed by atoms with van der Waals surface area (Å²) in [4.78, 5) is 0. The second kappa shape index (κ2) is 5.76. The summed E-state index contributed by atoms with van der Waals surface area (Å²) < 4.78 is 13.1. The molecule has 0 saturated carbocycles. The van der Waals surface area contributed by atoms with Crippen LogP contribution in [0.5, 0.6) is 0 Å². The van der Waals surface area contributed by atoms with Gasteiger partial charge in [-0.1, -0.05) is 0 Å². The largest absolute Gasteiger partial charge is 0.396 e. The number of aliphatic hydroxyl groups is 1. The van der Waals surface area contributed by atoms with Crippen molar-refractivity contribution >= 4 is 0 Å². The van der Waals surface area contributed by atoms with Crippen molar-refractivity contribution in [2.24, 2.45) is 0 Å². The number of hydrogen-bond acceptors (Lipinski definition) is 3. The zero-order valence-corrected chi connectivity index (χ0v) is 10.1. The van der Waals surface area contributed by atoms with Crippen molar-refractivity contribution in [3.63, 3.8) is 0 Å². The van der Waals surface area contributed by atoms with Gasteiger partial charge in [0.2, 0.25) is 0 Å². The summed E-state index contributed by atoms with van der Waals surface area (Å²) in [5.41, 5.74) is 0.866. The number of rotatable bonds is 5. The fourth-order valence-electron chi connectivity index (χ4n) is 1.52. The lowest BCUT2D eigenvalue weighted by atomic mass is 10.00. The average molecular weight is 236 g/mol. The smallest absolute Gasteiger partial charge is 0.123 e. The van der Waals surface area contributed by atoms with Crippen LogP contribution in [0.1, 0.15) is 31.4 Å². The molecule has 0 unspecified atom stereocenters. The zero-order chi connectivity index (χ0) is 12.9. The molecule has 0 heterocycles. The standard InChI is InChI=1S/C13H17FN2O/c1-13(2,5-6-17)16-9-11-7-12(14)4-3-10(11)8-15/h3-4,7,16-17H,5-6,9H2,1-2H3. The minimum Gasteiger partial charge on any atom is -0.396 e. The maximum Gasteiger partial charge on any atom is 0.123 e. The topological polar surface area (TPSA) is 56.0 Å². The first-order valence-electron chi connectivity index (χ1n) is 5.53. The Morgan fingerprint density at radius 3 is 2.76 bits per heavy atom. The molecule has 0 amide bonds. The average Bonchev–Trinajstić information content (AvgIpc) is 2.27. The molecule has 1 aromatic rings. The normalized spacial score (nSPS) is 11.2. The van der Waals surface area contributed by atoms with Crippen molar-refractivity contribution in [1.82, 2.24) is 5.32 Å². The Morgan fingerprint density at radius 1 is 1.47 bits per heavy atom. The number of nitriles is 1. The van der Waals surface area contributed by atoms with E-state index in [1.165, 1.54) is 18.2 Å². The van der Waals surface area contributed by atoms with Gasteiger partial charge >= 0.3 is 0 Å². The third kappa shape index (κ3) is 4.14.